The largest absolute Gasteiger partial charge is 0.464 e. The first-order valence-electron chi connectivity index (χ1n) is 6.47. The SMILES string of the molecule is CCOc1ncc(NC(=O)Cc2cccc(C)c2)cn1. The number of hydrogen-bond acceptors (Lipinski definition) is 4. The van der Waals surface area contributed by atoms with Crippen molar-refractivity contribution in [3.05, 3.63) is 47.8 Å². The van der Waals surface area contributed by atoms with Crippen molar-refractivity contribution in [3.8, 4) is 6.01 Å². The summed E-state index contributed by atoms with van der Waals surface area (Å²) in [5.41, 5.74) is 2.68. The number of carbonyl (C=O) groups is 1. The van der Waals surface area contributed by atoms with Crippen LogP contribution in [0.15, 0.2) is 36.7 Å². The molecule has 104 valence electrons. The molecule has 0 fully saturated rings. The van der Waals surface area contributed by atoms with Gasteiger partial charge in [0.2, 0.25) is 5.91 Å². The highest BCUT2D eigenvalue weighted by molar-refractivity contribution is 5.91. The Labute approximate surface area is 118 Å². The average molecular weight is 271 g/mol. The van der Waals surface area contributed by atoms with Gasteiger partial charge in [0.1, 0.15) is 0 Å². The Morgan fingerprint density at radius 1 is 1.30 bits per heavy atom. The number of ether oxygens (including phenoxy) is 1. The lowest BCUT2D eigenvalue weighted by atomic mass is 10.1. The summed E-state index contributed by atoms with van der Waals surface area (Å²) in [6, 6.07) is 8.18. The maximum atomic E-state index is 11.9. The average Bonchev–Trinajstić information content (AvgIpc) is 2.41. The molecule has 0 aliphatic heterocycles. The van der Waals surface area contributed by atoms with Gasteiger partial charge in [-0.05, 0) is 19.4 Å². The van der Waals surface area contributed by atoms with Gasteiger partial charge < -0.3 is 10.1 Å². The van der Waals surface area contributed by atoms with Gasteiger partial charge in [-0.15, -0.1) is 0 Å². The second kappa shape index (κ2) is 6.65. The van der Waals surface area contributed by atoms with Crippen LogP contribution < -0.4 is 10.1 Å². The molecule has 1 aromatic heterocycles. The lowest BCUT2D eigenvalue weighted by Crippen LogP contribution is -2.15. The van der Waals surface area contributed by atoms with E-state index in [0.717, 1.165) is 11.1 Å². The number of amides is 1. The number of anilines is 1. The molecule has 0 bridgehead atoms. The number of rotatable bonds is 5. The van der Waals surface area contributed by atoms with Crippen LogP contribution in [0.3, 0.4) is 0 Å². The molecule has 0 aliphatic rings. The highest BCUT2D eigenvalue weighted by Gasteiger charge is 2.05. The van der Waals surface area contributed by atoms with Gasteiger partial charge >= 0.3 is 6.01 Å². The molecule has 1 aromatic carbocycles. The Balaban J connectivity index is 1.94. The van der Waals surface area contributed by atoms with E-state index < -0.39 is 0 Å². The third-order valence-electron chi connectivity index (χ3n) is 2.63. The van der Waals surface area contributed by atoms with E-state index in [1.54, 1.807) is 0 Å². The van der Waals surface area contributed by atoms with Gasteiger partial charge in [0.25, 0.3) is 0 Å². The molecular weight excluding hydrogens is 254 g/mol. The Morgan fingerprint density at radius 3 is 2.70 bits per heavy atom. The van der Waals surface area contributed by atoms with E-state index in [2.05, 4.69) is 15.3 Å². The van der Waals surface area contributed by atoms with Crippen LogP contribution >= 0.6 is 0 Å². The number of aryl methyl sites for hydroxylation is 1. The predicted octanol–water partition coefficient (Wildman–Crippen LogP) is 2.36. The second-order valence-electron chi connectivity index (χ2n) is 4.40. The molecule has 1 heterocycles. The molecule has 0 saturated carbocycles. The van der Waals surface area contributed by atoms with E-state index in [1.165, 1.54) is 12.4 Å². The number of carbonyl (C=O) groups excluding carboxylic acids is 1. The first-order chi connectivity index (χ1) is 9.67. The molecular formula is C15H17N3O2. The van der Waals surface area contributed by atoms with Crippen LogP contribution in [0.25, 0.3) is 0 Å². The van der Waals surface area contributed by atoms with Crippen LogP contribution in [0.2, 0.25) is 0 Å². The second-order valence-corrected chi connectivity index (χ2v) is 4.40. The lowest BCUT2D eigenvalue weighted by Gasteiger charge is -2.06. The highest BCUT2D eigenvalue weighted by Crippen LogP contribution is 2.09. The molecule has 20 heavy (non-hydrogen) atoms. The van der Waals surface area contributed by atoms with Gasteiger partial charge in [-0.3, -0.25) is 4.79 Å². The maximum Gasteiger partial charge on any atom is 0.316 e. The summed E-state index contributed by atoms with van der Waals surface area (Å²) in [6.45, 7) is 4.38. The summed E-state index contributed by atoms with van der Waals surface area (Å²) in [4.78, 5) is 19.9. The van der Waals surface area contributed by atoms with Gasteiger partial charge in [0.15, 0.2) is 0 Å². The van der Waals surface area contributed by atoms with Gasteiger partial charge in [0.05, 0.1) is 31.1 Å². The molecule has 5 heteroatoms. The fraction of sp³-hybridized carbons (Fsp3) is 0.267. The topological polar surface area (TPSA) is 64.1 Å². The van der Waals surface area contributed by atoms with Crippen molar-refractivity contribution in [2.24, 2.45) is 0 Å². The first kappa shape index (κ1) is 14.0. The summed E-state index contributed by atoms with van der Waals surface area (Å²) in [5, 5.41) is 2.76. The normalized spacial score (nSPS) is 10.1. The van der Waals surface area contributed by atoms with Crippen LogP contribution in [-0.2, 0) is 11.2 Å². The first-order valence-corrected chi connectivity index (χ1v) is 6.47. The van der Waals surface area contributed by atoms with Crippen molar-refractivity contribution in [2.75, 3.05) is 11.9 Å². The van der Waals surface area contributed by atoms with Gasteiger partial charge in [0, 0.05) is 0 Å². The van der Waals surface area contributed by atoms with Crippen molar-refractivity contribution < 1.29 is 9.53 Å². The van der Waals surface area contributed by atoms with E-state index >= 15 is 0 Å². The fourth-order valence-electron chi connectivity index (χ4n) is 1.80. The minimum Gasteiger partial charge on any atom is -0.464 e. The number of nitrogens with one attached hydrogen (secondary N) is 1. The zero-order valence-electron chi connectivity index (χ0n) is 11.6. The maximum absolute atomic E-state index is 11.9. The Bertz CT molecular complexity index is 582. The standard InChI is InChI=1S/C15H17N3O2/c1-3-20-15-16-9-13(10-17-15)18-14(19)8-12-6-4-5-11(2)7-12/h4-7,9-10H,3,8H2,1-2H3,(H,18,19). The third kappa shape index (κ3) is 4.05. The van der Waals surface area contributed by atoms with Gasteiger partial charge in [-0.2, -0.15) is 0 Å². The molecule has 2 aromatic rings. The Hall–Kier alpha value is -2.43. The monoisotopic (exact) mass is 271 g/mol. The van der Waals surface area contributed by atoms with Crippen molar-refractivity contribution in [1.29, 1.82) is 0 Å². The quantitative estimate of drug-likeness (QED) is 0.906. The number of aromatic nitrogens is 2. The molecule has 0 saturated heterocycles. The summed E-state index contributed by atoms with van der Waals surface area (Å²) in [6.07, 6.45) is 3.40. The highest BCUT2D eigenvalue weighted by atomic mass is 16.5. The predicted molar refractivity (Wildman–Crippen MR) is 76.7 cm³/mol. The van der Waals surface area contributed by atoms with Crippen LogP contribution in [-0.4, -0.2) is 22.5 Å². The Morgan fingerprint density at radius 2 is 2.05 bits per heavy atom. The summed E-state index contributed by atoms with van der Waals surface area (Å²) in [7, 11) is 0. The van der Waals surface area contributed by atoms with E-state index in [-0.39, 0.29) is 5.91 Å². The third-order valence-corrected chi connectivity index (χ3v) is 2.63. The lowest BCUT2D eigenvalue weighted by molar-refractivity contribution is -0.115. The van der Waals surface area contributed by atoms with Crippen molar-refractivity contribution in [2.45, 2.75) is 20.3 Å². The number of hydrogen-bond donors (Lipinski definition) is 1. The number of nitrogens with zero attached hydrogens (tertiary/aromatic N) is 2. The van der Waals surface area contributed by atoms with E-state index in [1.807, 2.05) is 38.1 Å². The molecule has 0 unspecified atom stereocenters. The molecule has 2 rings (SSSR count). The zero-order chi connectivity index (χ0) is 14.4. The minimum absolute atomic E-state index is 0.0941. The zero-order valence-corrected chi connectivity index (χ0v) is 11.6. The summed E-state index contributed by atoms with van der Waals surface area (Å²) < 4.78 is 5.14. The minimum atomic E-state index is -0.0941. The van der Waals surface area contributed by atoms with Crippen LogP contribution in [0.1, 0.15) is 18.1 Å². The summed E-state index contributed by atoms with van der Waals surface area (Å²) >= 11 is 0. The molecule has 0 radical (unpaired) electrons. The molecule has 0 atom stereocenters. The molecule has 1 N–H and O–H groups in total. The van der Waals surface area contributed by atoms with Crippen LogP contribution in [0.5, 0.6) is 6.01 Å². The fourth-order valence-corrected chi connectivity index (χ4v) is 1.80. The van der Waals surface area contributed by atoms with E-state index in [9.17, 15) is 4.79 Å². The Kier molecular flexibility index (Phi) is 4.65. The van der Waals surface area contributed by atoms with Crippen molar-refractivity contribution >= 4 is 11.6 Å². The van der Waals surface area contributed by atoms with Gasteiger partial charge in [-0.1, -0.05) is 29.8 Å². The van der Waals surface area contributed by atoms with Crippen LogP contribution in [0, 0.1) is 6.92 Å². The molecule has 5 nitrogen and oxygen atoms in total. The summed E-state index contributed by atoms with van der Waals surface area (Å²) in [5.74, 6) is -0.0941. The molecule has 0 aliphatic carbocycles. The van der Waals surface area contributed by atoms with E-state index in [4.69, 9.17) is 4.74 Å². The molecule has 1 amide bonds. The smallest absolute Gasteiger partial charge is 0.316 e. The van der Waals surface area contributed by atoms with Crippen molar-refractivity contribution in [3.63, 3.8) is 0 Å². The van der Waals surface area contributed by atoms with E-state index in [0.29, 0.717) is 24.7 Å². The van der Waals surface area contributed by atoms with Gasteiger partial charge in [-0.25, -0.2) is 9.97 Å². The molecule has 0 spiro atoms. The number of benzene rings is 1. The van der Waals surface area contributed by atoms with Crippen molar-refractivity contribution in [1.82, 2.24) is 9.97 Å². The van der Waals surface area contributed by atoms with Crippen LogP contribution in [0.4, 0.5) is 5.69 Å².